The number of benzene rings is 2. The molecule has 0 aliphatic carbocycles. The van der Waals surface area contributed by atoms with E-state index in [2.05, 4.69) is 42.5 Å². The summed E-state index contributed by atoms with van der Waals surface area (Å²) in [7, 11) is 0. The molecular formula is C56H82N12O22. The Labute approximate surface area is 515 Å². The maximum atomic E-state index is 14.1. The molecule has 0 fully saturated rings. The predicted molar refractivity (Wildman–Crippen MR) is 313 cm³/mol. The van der Waals surface area contributed by atoms with Crippen LogP contribution in [0.5, 0.6) is 11.5 Å². The Hall–Kier alpha value is -9.54. The van der Waals surface area contributed by atoms with Gasteiger partial charge in [0.05, 0.1) is 24.9 Å². The van der Waals surface area contributed by atoms with E-state index in [1.165, 1.54) is 48.5 Å². The first kappa shape index (κ1) is 76.6. The van der Waals surface area contributed by atoms with E-state index in [-0.39, 0.29) is 76.0 Å². The molecule has 0 aliphatic rings. The molecule has 2 aromatic carbocycles. The van der Waals surface area contributed by atoms with Crippen LogP contribution in [-0.2, 0) is 80.0 Å². The number of aliphatic carboxylic acids is 6. The molecule has 2 aromatic rings. The van der Waals surface area contributed by atoms with E-state index < -0.39 is 195 Å². The van der Waals surface area contributed by atoms with E-state index in [4.69, 9.17) is 22.9 Å². The van der Waals surface area contributed by atoms with Crippen LogP contribution in [0, 0.1) is 0 Å². The standard InChI is InChI=1S/C56H82N12O22/c57-23-5-3-9-39(55(87)88)65-49(81)35(63-53(85)41(27-45(75)76)67-51(83)37(19-21-43(71)72)61-47(79)33(59)25-29-11-15-31(69)16-12-29)7-1-2-8-36(50(82)66-40(56(89)90)10-4-6-24-58)64-54(86)42(28-46(77)78)68-52(84)38(20-22-44(73)74)62-48(80)34(60)26-30-13-17-32(70)18-14-30/h11-18,33-42,69-70H,1-10,19-28,57-60H2,(H,61,79)(H,62,80)(H,63,85)(H,64,86)(H,65,81)(H,66,82)(H,67,83)(H,68,84)(H,71,72)(H,73,74)(H,75,76)(H,77,78)(H,87,88)(H,89,90)/t33-,34-,35?,36?,37-,38-,39-,40-,41-,42-/m0/s1. The lowest BCUT2D eigenvalue weighted by atomic mass is 10.0. The average molecular weight is 1280 g/mol. The van der Waals surface area contributed by atoms with Crippen molar-refractivity contribution in [2.24, 2.45) is 22.9 Å². The summed E-state index contributed by atoms with van der Waals surface area (Å²) in [6.45, 7) is 0.301. The summed E-state index contributed by atoms with van der Waals surface area (Å²) >= 11 is 0. The number of carbonyl (C=O) groups excluding carboxylic acids is 8. The largest absolute Gasteiger partial charge is 0.508 e. The topological polar surface area (TPSA) is 601 Å². The molecule has 2 rings (SSSR count). The van der Waals surface area contributed by atoms with Gasteiger partial charge in [0.1, 0.15) is 59.8 Å². The van der Waals surface area contributed by atoms with Crippen molar-refractivity contribution in [2.45, 2.75) is 176 Å². The van der Waals surface area contributed by atoms with Gasteiger partial charge in [-0.15, -0.1) is 0 Å². The molecular weight excluding hydrogens is 1190 g/mol. The fraction of sp³-hybridized carbons (Fsp3) is 0.536. The highest BCUT2D eigenvalue weighted by atomic mass is 16.4. The third kappa shape index (κ3) is 29.9. The summed E-state index contributed by atoms with van der Waals surface area (Å²) in [5.74, 6) is -19.1. The van der Waals surface area contributed by atoms with Crippen molar-refractivity contribution in [3.63, 3.8) is 0 Å². The first-order valence-electron chi connectivity index (χ1n) is 28.7. The molecule has 0 saturated heterocycles. The van der Waals surface area contributed by atoms with Crippen molar-refractivity contribution in [3.05, 3.63) is 59.7 Å². The minimum atomic E-state index is -2.09. The Balaban J connectivity index is 2.55. The van der Waals surface area contributed by atoms with Crippen molar-refractivity contribution >= 4 is 83.1 Å². The van der Waals surface area contributed by atoms with Gasteiger partial charge in [0, 0.05) is 12.8 Å². The molecule has 10 atom stereocenters. The van der Waals surface area contributed by atoms with Gasteiger partial charge < -0.3 is 106 Å². The lowest BCUT2D eigenvalue weighted by Gasteiger charge is -2.27. The van der Waals surface area contributed by atoms with Crippen LogP contribution in [0.25, 0.3) is 0 Å². The summed E-state index contributed by atoms with van der Waals surface area (Å²) < 4.78 is 0. The first-order chi connectivity index (χ1) is 42.4. The highest BCUT2D eigenvalue weighted by Gasteiger charge is 2.36. The van der Waals surface area contributed by atoms with E-state index in [1.54, 1.807) is 0 Å². The van der Waals surface area contributed by atoms with E-state index in [1.807, 2.05) is 0 Å². The zero-order valence-corrected chi connectivity index (χ0v) is 49.1. The summed E-state index contributed by atoms with van der Waals surface area (Å²) in [5.41, 5.74) is 24.2. The number of nitrogens with one attached hydrogen (secondary N) is 8. The van der Waals surface area contributed by atoms with Crippen LogP contribution in [0.15, 0.2) is 48.5 Å². The fourth-order valence-electron chi connectivity index (χ4n) is 8.72. The lowest BCUT2D eigenvalue weighted by Crippen LogP contribution is -2.59. The number of aromatic hydroxyl groups is 2. The van der Waals surface area contributed by atoms with Crippen LogP contribution >= 0.6 is 0 Å². The molecule has 24 N–H and O–H groups in total. The molecule has 0 saturated carbocycles. The summed E-state index contributed by atoms with van der Waals surface area (Å²) in [4.78, 5) is 182. The molecule has 34 heteroatoms. The smallest absolute Gasteiger partial charge is 0.326 e. The molecule has 8 amide bonds. The van der Waals surface area contributed by atoms with Crippen LogP contribution in [0.1, 0.15) is 114 Å². The normalized spacial score (nSPS) is 14.3. The number of hydrogen-bond acceptors (Lipinski definition) is 20. The van der Waals surface area contributed by atoms with Crippen LogP contribution in [0.3, 0.4) is 0 Å². The van der Waals surface area contributed by atoms with Gasteiger partial charge in [-0.1, -0.05) is 37.1 Å². The van der Waals surface area contributed by atoms with Gasteiger partial charge in [-0.2, -0.15) is 0 Å². The number of phenols is 2. The Bertz CT molecular complexity index is 2610. The Morgan fingerprint density at radius 3 is 0.844 bits per heavy atom. The Morgan fingerprint density at radius 1 is 0.322 bits per heavy atom. The molecule has 0 heterocycles. The van der Waals surface area contributed by atoms with Crippen molar-refractivity contribution < 1.29 is 108 Å². The molecule has 0 spiro atoms. The molecule has 34 nitrogen and oxygen atoms in total. The van der Waals surface area contributed by atoms with Gasteiger partial charge in [0.25, 0.3) is 0 Å². The second kappa shape index (κ2) is 40.1. The second-order valence-corrected chi connectivity index (χ2v) is 21.0. The molecule has 2 unspecified atom stereocenters. The summed E-state index contributed by atoms with van der Waals surface area (Å²) in [6, 6.07) is -6.12. The third-order valence-electron chi connectivity index (χ3n) is 13.7. The molecule has 0 bridgehead atoms. The van der Waals surface area contributed by atoms with E-state index >= 15 is 0 Å². The molecule has 0 aliphatic heterocycles. The number of unbranched alkanes of at least 4 members (excludes halogenated alkanes) is 3. The minimum absolute atomic E-state index is 0.0887. The maximum Gasteiger partial charge on any atom is 0.326 e. The number of rotatable bonds is 45. The molecule has 0 aromatic heterocycles. The fourth-order valence-corrected chi connectivity index (χ4v) is 8.72. The Kier molecular flexibility index (Phi) is 34.1. The maximum absolute atomic E-state index is 14.1. The SMILES string of the molecule is NCCCC[C@H](NC(=O)C(CCCCC(NC(=O)[C@H](CC(=O)O)NC(=O)[C@H](CCC(=O)O)NC(=O)[C@@H](N)Cc1ccc(O)cc1)C(=O)N[C@@H](CCCCN)C(=O)O)NC(=O)[C@H](CC(=O)O)NC(=O)[C@H](CCC(=O)O)NC(=O)[C@@H](N)Cc1ccc(O)cc1)C(=O)O. The summed E-state index contributed by atoms with van der Waals surface area (Å²) in [5, 5.41) is 95.8. The van der Waals surface area contributed by atoms with Gasteiger partial charge in [0.15, 0.2) is 0 Å². The zero-order valence-electron chi connectivity index (χ0n) is 49.1. The van der Waals surface area contributed by atoms with Crippen LogP contribution in [-0.4, -0.2) is 197 Å². The average Bonchev–Trinajstić information content (AvgIpc) is 2.33. The van der Waals surface area contributed by atoms with E-state index in [0.29, 0.717) is 24.0 Å². The van der Waals surface area contributed by atoms with Crippen molar-refractivity contribution in [2.75, 3.05) is 13.1 Å². The monoisotopic (exact) mass is 1270 g/mol. The number of amides is 8. The van der Waals surface area contributed by atoms with Gasteiger partial charge >= 0.3 is 35.8 Å². The van der Waals surface area contributed by atoms with Gasteiger partial charge in [0.2, 0.25) is 47.3 Å². The van der Waals surface area contributed by atoms with Crippen molar-refractivity contribution in [1.29, 1.82) is 0 Å². The van der Waals surface area contributed by atoms with Gasteiger partial charge in [-0.3, -0.25) is 57.5 Å². The number of carbonyl (C=O) groups is 14. The number of phenolic OH excluding ortho intramolecular Hbond substituents is 2. The highest BCUT2D eigenvalue weighted by molar-refractivity contribution is 5.98. The van der Waals surface area contributed by atoms with E-state index in [9.17, 15) is 108 Å². The Morgan fingerprint density at radius 2 is 0.567 bits per heavy atom. The van der Waals surface area contributed by atoms with Crippen molar-refractivity contribution in [1.82, 2.24) is 42.5 Å². The highest BCUT2D eigenvalue weighted by Crippen LogP contribution is 2.16. The van der Waals surface area contributed by atoms with Gasteiger partial charge in [-0.05, 0) is 126 Å². The summed E-state index contributed by atoms with van der Waals surface area (Å²) in [6.07, 6.45) is -6.21. The lowest BCUT2D eigenvalue weighted by molar-refractivity contribution is -0.143. The van der Waals surface area contributed by atoms with E-state index in [0.717, 1.165) is 0 Å². The molecule has 498 valence electrons. The zero-order chi connectivity index (χ0) is 67.6. The number of carboxylic acids is 6. The third-order valence-corrected chi connectivity index (χ3v) is 13.7. The van der Waals surface area contributed by atoms with Crippen LogP contribution < -0.4 is 65.5 Å². The van der Waals surface area contributed by atoms with Crippen molar-refractivity contribution in [3.8, 4) is 11.5 Å². The second-order valence-electron chi connectivity index (χ2n) is 21.0. The number of hydrogen-bond donors (Lipinski definition) is 20. The number of nitrogens with two attached hydrogens (primary N) is 4. The van der Waals surface area contributed by atoms with Crippen LogP contribution in [0.4, 0.5) is 0 Å². The number of carboxylic acid groups (broad SMARTS) is 6. The first-order valence-corrected chi connectivity index (χ1v) is 28.7. The minimum Gasteiger partial charge on any atom is -0.508 e. The quantitative estimate of drug-likeness (QED) is 0.0282. The molecule has 0 radical (unpaired) electrons. The van der Waals surface area contributed by atoms with Crippen LogP contribution in [0.2, 0.25) is 0 Å². The van der Waals surface area contributed by atoms with Gasteiger partial charge in [-0.25, -0.2) is 9.59 Å². The molecule has 90 heavy (non-hydrogen) atoms. The predicted octanol–water partition coefficient (Wildman–Crippen LogP) is -3.92.